The first-order chi connectivity index (χ1) is 11.6. The van der Waals surface area contributed by atoms with Crippen LogP contribution in [0.1, 0.15) is 12.0 Å². The zero-order chi connectivity index (χ0) is 17.1. The largest absolute Gasteiger partial charge is 0.495 e. The summed E-state index contributed by atoms with van der Waals surface area (Å²) in [5.41, 5.74) is 1.61. The van der Waals surface area contributed by atoms with Crippen LogP contribution in [-0.4, -0.2) is 36.9 Å². The zero-order valence-electron chi connectivity index (χ0n) is 13.8. The molecule has 0 saturated carbocycles. The lowest BCUT2D eigenvalue weighted by atomic mass is 10.1. The molecule has 1 aliphatic heterocycles. The van der Waals surface area contributed by atoms with Crippen molar-refractivity contribution in [3.8, 4) is 5.75 Å². The Balaban J connectivity index is 1.81. The Hall–Kier alpha value is -2.66. The summed E-state index contributed by atoms with van der Waals surface area (Å²) in [6.07, 6.45) is 0.181. The van der Waals surface area contributed by atoms with Gasteiger partial charge in [-0.05, 0) is 24.7 Å². The minimum atomic E-state index is -0.456. The van der Waals surface area contributed by atoms with Crippen molar-refractivity contribution < 1.29 is 14.3 Å². The van der Waals surface area contributed by atoms with Gasteiger partial charge in [0.2, 0.25) is 5.91 Å². The Bertz CT molecular complexity index is 745. The molecule has 24 heavy (non-hydrogen) atoms. The van der Waals surface area contributed by atoms with Crippen molar-refractivity contribution in [3.05, 3.63) is 60.2 Å². The molecule has 0 aliphatic carbocycles. The van der Waals surface area contributed by atoms with E-state index < -0.39 is 6.04 Å². The van der Waals surface area contributed by atoms with Crippen molar-refractivity contribution in [1.29, 1.82) is 0 Å². The van der Waals surface area contributed by atoms with Gasteiger partial charge in [-0.3, -0.25) is 14.5 Å². The number of methoxy groups -OCH3 is 1. The molecule has 2 amide bonds. The summed E-state index contributed by atoms with van der Waals surface area (Å²) in [6.45, 7) is 0.615. The lowest BCUT2D eigenvalue weighted by Gasteiger charge is -2.23. The molecule has 2 aromatic carbocycles. The average molecular weight is 324 g/mol. The molecule has 5 nitrogen and oxygen atoms in total. The Kier molecular flexibility index (Phi) is 4.62. The number of carbonyl (C=O) groups is 2. The number of likely N-dealkylation sites (N-methyl/N-ethyl adjacent to an activating group) is 1. The molecule has 2 aromatic rings. The van der Waals surface area contributed by atoms with Crippen LogP contribution in [0.25, 0.3) is 0 Å². The molecule has 1 heterocycles. The maximum absolute atomic E-state index is 12.8. The third-order valence-electron chi connectivity index (χ3n) is 4.26. The summed E-state index contributed by atoms with van der Waals surface area (Å²) in [6, 6.07) is 16.5. The first kappa shape index (κ1) is 16.2. The molecule has 1 saturated heterocycles. The van der Waals surface area contributed by atoms with Crippen LogP contribution in [0.4, 0.5) is 5.69 Å². The maximum atomic E-state index is 12.8. The predicted octanol–water partition coefficient (Wildman–Crippen LogP) is 2.46. The third kappa shape index (κ3) is 3.03. The Labute approximate surface area is 141 Å². The fourth-order valence-electron chi connectivity index (χ4n) is 3.01. The summed E-state index contributed by atoms with van der Waals surface area (Å²) < 4.78 is 5.29. The Morgan fingerprint density at radius 2 is 1.75 bits per heavy atom. The number of anilines is 1. The van der Waals surface area contributed by atoms with Gasteiger partial charge in [-0.1, -0.05) is 42.5 Å². The second-order valence-corrected chi connectivity index (χ2v) is 5.86. The standard InChI is InChI=1S/C19H20N2O3/c1-20(13-14-8-4-3-5-9-14)16-12-18(22)21(19(16)23)15-10-6-7-11-17(15)24-2/h3-11,16H,12-13H2,1-2H3/t16-/m1/s1. The number of carbonyl (C=O) groups excluding carboxylic acids is 2. The molecule has 0 unspecified atom stereocenters. The molecule has 5 heteroatoms. The quantitative estimate of drug-likeness (QED) is 0.793. The molecule has 0 N–H and O–H groups in total. The summed E-state index contributed by atoms with van der Waals surface area (Å²) in [7, 11) is 3.40. The van der Waals surface area contributed by atoms with Crippen molar-refractivity contribution in [2.75, 3.05) is 19.1 Å². The number of nitrogens with zero attached hydrogens (tertiary/aromatic N) is 2. The van der Waals surface area contributed by atoms with Gasteiger partial charge in [0, 0.05) is 6.54 Å². The number of benzene rings is 2. The first-order valence-electron chi connectivity index (χ1n) is 7.86. The molecule has 0 radical (unpaired) electrons. The summed E-state index contributed by atoms with van der Waals surface area (Å²) >= 11 is 0. The molecule has 0 aromatic heterocycles. The second kappa shape index (κ2) is 6.84. The molecular weight excluding hydrogens is 304 g/mol. The fraction of sp³-hybridized carbons (Fsp3) is 0.263. The highest BCUT2D eigenvalue weighted by Crippen LogP contribution is 2.33. The molecular formula is C19H20N2O3. The number of para-hydroxylation sites is 2. The monoisotopic (exact) mass is 324 g/mol. The van der Waals surface area contributed by atoms with Crippen molar-refractivity contribution in [2.24, 2.45) is 0 Å². The number of rotatable bonds is 5. The predicted molar refractivity (Wildman–Crippen MR) is 91.8 cm³/mol. The van der Waals surface area contributed by atoms with E-state index in [9.17, 15) is 9.59 Å². The van der Waals surface area contributed by atoms with Crippen LogP contribution in [0.5, 0.6) is 5.75 Å². The number of hydrogen-bond donors (Lipinski definition) is 0. The van der Waals surface area contributed by atoms with E-state index >= 15 is 0 Å². The van der Waals surface area contributed by atoms with Gasteiger partial charge >= 0.3 is 0 Å². The van der Waals surface area contributed by atoms with E-state index in [-0.39, 0.29) is 18.2 Å². The maximum Gasteiger partial charge on any atom is 0.251 e. The minimum absolute atomic E-state index is 0.181. The zero-order valence-corrected chi connectivity index (χ0v) is 13.8. The summed E-state index contributed by atoms with van der Waals surface area (Å²) in [5, 5.41) is 0. The lowest BCUT2D eigenvalue weighted by Crippen LogP contribution is -2.39. The number of amides is 2. The van der Waals surface area contributed by atoms with E-state index in [2.05, 4.69) is 0 Å². The van der Waals surface area contributed by atoms with E-state index in [0.717, 1.165) is 5.56 Å². The van der Waals surface area contributed by atoms with Crippen LogP contribution in [0.3, 0.4) is 0 Å². The third-order valence-corrected chi connectivity index (χ3v) is 4.26. The van der Waals surface area contributed by atoms with E-state index in [0.29, 0.717) is 18.0 Å². The molecule has 1 aliphatic rings. The van der Waals surface area contributed by atoms with Gasteiger partial charge in [-0.2, -0.15) is 0 Å². The van der Waals surface area contributed by atoms with Gasteiger partial charge in [0.05, 0.1) is 25.3 Å². The van der Waals surface area contributed by atoms with E-state index in [1.807, 2.05) is 48.3 Å². The van der Waals surface area contributed by atoms with Crippen LogP contribution in [0.2, 0.25) is 0 Å². The smallest absolute Gasteiger partial charge is 0.251 e. The van der Waals surface area contributed by atoms with Crippen LogP contribution in [-0.2, 0) is 16.1 Å². The highest BCUT2D eigenvalue weighted by atomic mass is 16.5. The van der Waals surface area contributed by atoms with Gasteiger partial charge in [0.1, 0.15) is 5.75 Å². The highest BCUT2D eigenvalue weighted by Gasteiger charge is 2.42. The minimum Gasteiger partial charge on any atom is -0.495 e. The normalized spacial score (nSPS) is 17.6. The topological polar surface area (TPSA) is 49.9 Å². The van der Waals surface area contributed by atoms with E-state index in [4.69, 9.17) is 4.74 Å². The average Bonchev–Trinajstić information content (AvgIpc) is 2.90. The van der Waals surface area contributed by atoms with Crippen LogP contribution in [0, 0.1) is 0 Å². The van der Waals surface area contributed by atoms with E-state index in [1.165, 1.54) is 12.0 Å². The fourth-order valence-corrected chi connectivity index (χ4v) is 3.01. The second-order valence-electron chi connectivity index (χ2n) is 5.86. The van der Waals surface area contributed by atoms with Crippen molar-refractivity contribution >= 4 is 17.5 Å². The van der Waals surface area contributed by atoms with Gasteiger partial charge in [-0.15, -0.1) is 0 Å². The van der Waals surface area contributed by atoms with Crippen molar-refractivity contribution in [1.82, 2.24) is 4.90 Å². The van der Waals surface area contributed by atoms with E-state index in [1.54, 1.807) is 18.2 Å². The van der Waals surface area contributed by atoms with Crippen LogP contribution >= 0.6 is 0 Å². The number of hydrogen-bond acceptors (Lipinski definition) is 4. The lowest BCUT2D eigenvalue weighted by molar-refractivity contribution is -0.122. The van der Waals surface area contributed by atoms with Crippen LogP contribution in [0.15, 0.2) is 54.6 Å². The SMILES string of the molecule is COc1ccccc1N1C(=O)C[C@@H](N(C)Cc2ccccc2)C1=O. The Morgan fingerprint density at radius 3 is 2.46 bits per heavy atom. The number of imide groups is 1. The van der Waals surface area contributed by atoms with Crippen LogP contribution < -0.4 is 9.64 Å². The Morgan fingerprint density at radius 1 is 1.08 bits per heavy atom. The van der Waals surface area contributed by atoms with Gasteiger partial charge in [0.25, 0.3) is 5.91 Å². The van der Waals surface area contributed by atoms with Crippen molar-refractivity contribution in [3.63, 3.8) is 0 Å². The number of ether oxygens (including phenoxy) is 1. The highest BCUT2D eigenvalue weighted by molar-refractivity contribution is 6.23. The summed E-state index contributed by atoms with van der Waals surface area (Å²) in [5.74, 6) is 0.114. The molecule has 3 rings (SSSR count). The molecule has 1 atom stereocenters. The molecule has 124 valence electrons. The van der Waals surface area contributed by atoms with Crippen molar-refractivity contribution in [2.45, 2.75) is 19.0 Å². The van der Waals surface area contributed by atoms with Gasteiger partial charge in [-0.25, -0.2) is 4.90 Å². The molecule has 0 spiro atoms. The summed E-state index contributed by atoms with van der Waals surface area (Å²) in [4.78, 5) is 28.4. The first-order valence-corrected chi connectivity index (χ1v) is 7.86. The van der Waals surface area contributed by atoms with Gasteiger partial charge in [0.15, 0.2) is 0 Å². The van der Waals surface area contributed by atoms with Gasteiger partial charge < -0.3 is 4.74 Å². The molecule has 0 bridgehead atoms. The molecule has 1 fully saturated rings.